The summed E-state index contributed by atoms with van der Waals surface area (Å²) < 4.78 is 11.3. The standard InChI is InChI=1S/C28H34O4/c1-6-20-11-12-23-24(17-20)26(28(30)32-16-14-19(4)5)22-10-8-7-9-21(22)25(23)27(29)31-15-13-18(2)3/h7-12,17-19H,6,13-16H2,1-5H3. The Labute approximate surface area is 190 Å². The topological polar surface area (TPSA) is 52.6 Å². The first-order chi connectivity index (χ1) is 15.3. The van der Waals surface area contributed by atoms with Gasteiger partial charge < -0.3 is 9.47 Å². The highest BCUT2D eigenvalue weighted by atomic mass is 16.5. The van der Waals surface area contributed by atoms with Crippen molar-refractivity contribution in [2.24, 2.45) is 11.8 Å². The van der Waals surface area contributed by atoms with Crippen molar-refractivity contribution >= 4 is 33.5 Å². The van der Waals surface area contributed by atoms with E-state index >= 15 is 0 Å². The fraction of sp³-hybridized carbons (Fsp3) is 0.429. The Kier molecular flexibility index (Phi) is 7.89. The Morgan fingerprint density at radius 3 is 1.66 bits per heavy atom. The van der Waals surface area contributed by atoms with Gasteiger partial charge in [0.15, 0.2) is 0 Å². The molecule has 0 heterocycles. The summed E-state index contributed by atoms with van der Waals surface area (Å²) in [4.78, 5) is 26.4. The van der Waals surface area contributed by atoms with E-state index in [2.05, 4.69) is 34.6 Å². The van der Waals surface area contributed by atoms with Gasteiger partial charge in [-0.05, 0) is 58.2 Å². The van der Waals surface area contributed by atoms with E-state index in [0.717, 1.165) is 46.4 Å². The third-order valence-electron chi connectivity index (χ3n) is 5.76. The van der Waals surface area contributed by atoms with Crippen LogP contribution in [0.5, 0.6) is 0 Å². The zero-order valence-electron chi connectivity index (χ0n) is 19.9. The van der Waals surface area contributed by atoms with Gasteiger partial charge in [-0.1, -0.05) is 77.1 Å². The van der Waals surface area contributed by atoms with Crippen LogP contribution in [0.1, 0.15) is 73.7 Å². The van der Waals surface area contributed by atoms with Crippen LogP contribution >= 0.6 is 0 Å². The van der Waals surface area contributed by atoms with Gasteiger partial charge in [0.25, 0.3) is 0 Å². The van der Waals surface area contributed by atoms with Gasteiger partial charge in [0, 0.05) is 0 Å². The third-order valence-corrected chi connectivity index (χ3v) is 5.76. The summed E-state index contributed by atoms with van der Waals surface area (Å²) in [5.41, 5.74) is 2.14. The molecule has 0 aliphatic rings. The molecule has 3 aromatic carbocycles. The van der Waals surface area contributed by atoms with E-state index in [4.69, 9.17) is 9.47 Å². The zero-order valence-corrected chi connectivity index (χ0v) is 19.9. The van der Waals surface area contributed by atoms with E-state index in [1.165, 1.54) is 0 Å². The number of esters is 2. The SMILES string of the molecule is CCc1ccc2c(C(=O)OCCC(C)C)c3ccccc3c(C(=O)OCCC(C)C)c2c1. The minimum atomic E-state index is -0.351. The first-order valence-corrected chi connectivity index (χ1v) is 11.6. The number of ether oxygens (including phenoxy) is 2. The summed E-state index contributed by atoms with van der Waals surface area (Å²) in [6.45, 7) is 11.2. The molecule has 0 spiro atoms. The zero-order chi connectivity index (χ0) is 23.3. The van der Waals surface area contributed by atoms with Crippen molar-refractivity contribution < 1.29 is 19.1 Å². The molecule has 0 amide bonds. The molecule has 0 N–H and O–H groups in total. The second-order valence-electron chi connectivity index (χ2n) is 9.17. The van der Waals surface area contributed by atoms with Crippen LogP contribution in [0.25, 0.3) is 21.5 Å². The van der Waals surface area contributed by atoms with Crippen molar-refractivity contribution in [1.29, 1.82) is 0 Å². The molecule has 0 saturated carbocycles. The van der Waals surface area contributed by atoms with Crippen molar-refractivity contribution in [3.63, 3.8) is 0 Å². The maximum atomic E-state index is 13.2. The highest BCUT2D eigenvalue weighted by molar-refractivity contribution is 6.24. The Morgan fingerprint density at radius 2 is 1.19 bits per heavy atom. The van der Waals surface area contributed by atoms with Crippen LogP contribution in [0, 0.1) is 11.8 Å². The van der Waals surface area contributed by atoms with Gasteiger partial charge in [-0.2, -0.15) is 0 Å². The molecule has 0 radical (unpaired) electrons. The van der Waals surface area contributed by atoms with Crippen molar-refractivity contribution in [1.82, 2.24) is 0 Å². The lowest BCUT2D eigenvalue weighted by atomic mass is 9.90. The minimum Gasteiger partial charge on any atom is -0.462 e. The number of benzene rings is 3. The molecule has 0 fully saturated rings. The minimum absolute atomic E-state index is 0.347. The predicted octanol–water partition coefficient (Wildman–Crippen LogP) is 6.96. The number of fused-ring (bicyclic) bond motifs is 2. The number of rotatable bonds is 9. The molecule has 3 rings (SSSR count). The van der Waals surface area contributed by atoms with Crippen LogP contribution in [-0.4, -0.2) is 25.2 Å². The Bertz CT molecular complexity index is 1110. The fourth-order valence-electron chi connectivity index (χ4n) is 3.80. The Morgan fingerprint density at radius 1 is 0.719 bits per heavy atom. The first-order valence-electron chi connectivity index (χ1n) is 11.6. The second-order valence-corrected chi connectivity index (χ2v) is 9.17. The summed E-state index contributed by atoms with van der Waals surface area (Å²) >= 11 is 0. The predicted molar refractivity (Wildman–Crippen MR) is 130 cm³/mol. The Balaban J connectivity index is 2.18. The van der Waals surface area contributed by atoms with Crippen LogP contribution in [-0.2, 0) is 15.9 Å². The fourth-order valence-corrected chi connectivity index (χ4v) is 3.80. The lowest BCUT2D eigenvalue weighted by Crippen LogP contribution is -2.13. The van der Waals surface area contributed by atoms with Gasteiger partial charge in [-0.25, -0.2) is 9.59 Å². The maximum absolute atomic E-state index is 13.2. The van der Waals surface area contributed by atoms with Crippen LogP contribution in [0.4, 0.5) is 0 Å². The first kappa shape index (κ1) is 23.8. The van der Waals surface area contributed by atoms with Gasteiger partial charge in [0.05, 0.1) is 24.3 Å². The smallest absolute Gasteiger partial charge is 0.339 e. The molecule has 0 aromatic heterocycles. The number of carbonyl (C=O) groups is 2. The normalized spacial score (nSPS) is 11.5. The molecule has 0 atom stereocenters. The third kappa shape index (κ3) is 5.29. The maximum Gasteiger partial charge on any atom is 0.339 e. The highest BCUT2D eigenvalue weighted by Crippen LogP contribution is 2.35. The van der Waals surface area contributed by atoms with E-state index in [0.29, 0.717) is 36.2 Å². The molecule has 170 valence electrons. The highest BCUT2D eigenvalue weighted by Gasteiger charge is 2.24. The van der Waals surface area contributed by atoms with Crippen LogP contribution < -0.4 is 0 Å². The summed E-state index contributed by atoms with van der Waals surface area (Å²) in [7, 11) is 0. The van der Waals surface area contributed by atoms with Gasteiger partial charge in [0.1, 0.15) is 0 Å². The van der Waals surface area contributed by atoms with Crippen molar-refractivity contribution in [3.05, 3.63) is 59.2 Å². The van der Waals surface area contributed by atoms with Crippen LogP contribution in [0.3, 0.4) is 0 Å². The average Bonchev–Trinajstić information content (AvgIpc) is 2.76. The molecular formula is C28H34O4. The lowest BCUT2D eigenvalue weighted by Gasteiger charge is -2.17. The molecule has 0 saturated heterocycles. The molecule has 32 heavy (non-hydrogen) atoms. The quantitative estimate of drug-likeness (QED) is 0.270. The molecule has 4 heteroatoms. The van der Waals surface area contributed by atoms with Crippen molar-refractivity contribution in [2.45, 2.75) is 53.9 Å². The lowest BCUT2D eigenvalue weighted by molar-refractivity contribution is 0.0479. The molecule has 0 unspecified atom stereocenters. The molecule has 4 nitrogen and oxygen atoms in total. The molecule has 0 aliphatic carbocycles. The van der Waals surface area contributed by atoms with Crippen molar-refractivity contribution in [3.8, 4) is 0 Å². The largest absolute Gasteiger partial charge is 0.462 e. The number of aryl methyl sites for hydroxylation is 1. The second kappa shape index (κ2) is 10.6. The van der Waals surface area contributed by atoms with Crippen LogP contribution in [0.2, 0.25) is 0 Å². The number of hydrogen-bond donors (Lipinski definition) is 0. The van der Waals surface area contributed by atoms with E-state index < -0.39 is 0 Å². The number of carbonyl (C=O) groups excluding carboxylic acids is 2. The van der Waals surface area contributed by atoms with E-state index in [9.17, 15) is 9.59 Å². The summed E-state index contributed by atoms with van der Waals surface area (Å²) in [6, 6.07) is 13.5. The van der Waals surface area contributed by atoms with E-state index in [1.807, 2.05) is 42.5 Å². The summed E-state index contributed by atoms with van der Waals surface area (Å²) in [6.07, 6.45) is 2.45. The van der Waals surface area contributed by atoms with Crippen molar-refractivity contribution in [2.75, 3.05) is 13.2 Å². The van der Waals surface area contributed by atoms with E-state index in [-0.39, 0.29) is 11.9 Å². The van der Waals surface area contributed by atoms with Crippen LogP contribution in [0.15, 0.2) is 42.5 Å². The molecule has 0 aliphatic heterocycles. The molecule has 3 aromatic rings. The number of hydrogen-bond acceptors (Lipinski definition) is 4. The Hall–Kier alpha value is -2.88. The van der Waals surface area contributed by atoms with Gasteiger partial charge in [0.2, 0.25) is 0 Å². The molecular weight excluding hydrogens is 400 g/mol. The monoisotopic (exact) mass is 434 g/mol. The van der Waals surface area contributed by atoms with Gasteiger partial charge in [-0.3, -0.25) is 0 Å². The van der Waals surface area contributed by atoms with Gasteiger partial charge >= 0.3 is 11.9 Å². The van der Waals surface area contributed by atoms with E-state index in [1.54, 1.807) is 0 Å². The average molecular weight is 435 g/mol. The summed E-state index contributed by atoms with van der Waals surface area (Å²) in [5.74, 6) is 0.202. The van der Waals surface area contributed by atoms with Gasteiger partial charge in [-0.15, -0.1) is 0 Å². The summed E-state index contributed by atoms with van der Waals surface area (Å²) in [5, 5.41) is 2.91. The molecule has 0 bridgehead atoms.